The first-order chi connectivity index (χ1) is 14.6. The molecule has 1 atom stereocenters. The molecule has 0 aliphatic carbocycles. The Bertz CT molecular complexity index is 1050. The number of aromatic nitrogens is 2. The van der Waals surface area contributed by atoms with E-state index in [-0.39, 0.29) is 0 Å². The van der Waals surface area contributed by atoms with Crippen molar-refractivity contribution in [1.29, 1.82) is 0 Å². The van der Waals surface area contributed by atoms with Crippen molar-refractivity contribution in [2.24, 2.45) is 5.10 Å². The van der Waals surface area contributed by atoms with Crippen molar-refractivity contribution in [3.8, 4) is 5.75 Å². The van der Waals surface area contributed by atoms with Gasteiger partial charge in [-0.1, -0.05) is 49.0 Å². The van der Waals surface area contributed by atoms with Crippen LogP contribution in [-0.2, 0) is 6.61 Å². The summed E-state index contributed by atoms with van der Waals surface area (Å²) in [6, 6.07) is 20.0. The van der Waals surface area contributed by atoms with Crippen LogP contribution in [0.3, 0.4) is 0 Å². The third kappa shape index (κ3) is 3.95. The van der Waals surface area contributed by atoms with Gasteiger partial charge >= 0.3 is 0 Å². The maximum atomic E-state index is 6.15. The van der Waals surface area contributed by atoms with Gasteiger partial charge in [0.15, 0.2) is 0 Å². The number of hydrazone groups is 1. The number of nitrogens with zero attached hydrogens (tertiary/aromatic N) is 4. The van der Waals surface area contributed by atoms with Crippen LogP contribution in [0.25, 0.3) is 5.70 Å². The van der Waals surface area contributed by atoms with Crippen LogP contribution in [0.2, 0.25) is 0 Å². The lowest BCUT2D eigenvalue weighted by Gasteiger charge is -2.34. The summed E-state index contributed by atoms with van der Waals surface area (Å²) in [5.74, 6) is 0.813. The monoisotopic (exact) mass is 399 g/mol. The van der Waals surface area contributed by atoms with Gasteiger partial charge in [-0.25, -0.2) is 15.0 Å². The summed E-state index contributed by atoms with van der Waals surface area (Å²) in [4.78, 5) is 8.32. The Morgan fingerprint density at radius 2 is 1.90 bits per heavy atom. The van der Waals surface area contributed by atoms with Gasteiger partial charge in [-0.3, -0.25) is 5.32 Å². The quantitative estimate of drug-likeness (QED) is 0.649. The maximum absolute atomic E-state index is 6.15. The highest BCUT2D eigenvalue weighted by Gasteiger charge is 2.40. The SMILES string of the molecule is C=C(c1ccncn1)N1N=C(c2ccccc2OCc2ccccc2)CC1(C)NC. The van der Waals surface area contributed by atoms with Crippen LogP contribution in [0.5, 0.6) is 5.75 Å². The number of benzene rings is 2. The van der Waals surface area contributed by atoms with Crippen molar-refractivity contribution in [1.82, 2.24) is 20.3 Å². The van der Waals surface area contributed by atoms with Crippen molar-refractivity contribution in [2.75, 3.05) is 7.05 Å². The highest BCUT2D eigenvalue weighted by Crippen LogP contribution is 2.35. The molecule has 0 fully saturated rings. The van der Waals surface area contributed by atoms with Crippen molar-refractivity contribution >= 4 is 11.4 Å². The number of ether oxygens (including phenoxy) is 1. The molecule has 0 saturated heterocycles. The van der Waals surface area contributed by atoms with Gasteiger partial charge in [0.25, 0.3) is 0 Å². The lowest BCUT2D eigenvalue weighted by Crippen LogP contribution is -2.49. The van der Waals surface area contributed by atoms with Gasteiger partial charge in [0.1, 0.15) is 24.3 Å². The summed E-state index contributed by atoms with van der Waals surface area (Å²) in [6.45, 7) is 6.84. The summed E-state index contributed by atoms with van der Waals surface area (Å²) in [5, 5.41) is 10.2. The summed E-state index contributed by atoms with van der Waals surface area (Å²) in [6.07, 6.45) is 3.92. The Morgan fingerprint density at radius 3 is 2.63 bits per heavy atom. The Labute approximate surface area is 176 Å². The average molecular weight is 399 g/mol. The molecule has 1 aromatic heterocycles. The molecule has 152 valence electrons. The Kier molecular flexibility index (Phi) is 5.59. The number of hydrogen-bond donors (Lipinski definition) is 1. The molecule has 30 heavy (non-hydrogen) atoms. The second-order valence-electron chi connectivity index (χ2n) is 7.37. The molecule has 6 heteroatoms. The minimum atomic E-state index is -0.427. The van der Waals surface area contributed by atoms with Gasteiger partial charge in [0, 0.05) is 18.2 Å². The van der Waals surface area contributed by atoms with Crippen molar-refractivity contribution < 1.29 is 4.74 Å². The molecule has 0 amide bonds. The maximum Gasteiger partial charge on any atom is 0.128 e. The first-order valence-electron chi connectivity index (χ1n) is 9.89. The first kappa shape index (κ1) is 19.8. The van der Waals surface area contributed by atoms with Gasteiger partial charge in [-0.15, -0.1) is 0 Å². The van der Waals surface area contributed by atoms with Crippen LogP contribution in [0.1, 0.15) is 30.2 Å². The predicted octanol–water partition coefficient (Wildman–Crippen LogP) is 4.07. The largest absolute Gasteiger partial charge is 0.488 e. The highest BCUT2D eigenvalue weighted by atomic mass is 16.5. The summed E-state index contributed by atoms with van der Waals surface area (Å²) >= 11 is 0. The average Bonchev–Trinajstić information content (AvgIpc) is 3.16. The van der Waals surface area contributed by atoms with Gasteiger partial charge in [-0.05, 0) is 37.7 Å². The number of para-hydroxylation sites is 1. The van der Waals surface area contributed by atoms with Gasteiger partial charge in [0.2, 0.25) is 0 Å². The lowest BCUT2D eigenvalue weighted by molar-refractivity contribution is 0.180. The van der Waals surface area contributed by atoms with E-state index in [2.05, 4.69) is 40.9 Å². The summed E-state index contributed by atoms with van der Waals surface area (Å²) in [7, 11) is 1.93. The van der Waals surface area contributed by atoms with Crippen molar-refractivity contribution in [3.05, 3.63) is 96.6 Å². The van der Waals surface area contributed by atoms with E-state index in [1.54, 1.807) is 6.20 Å². The molecule has 0 bridgehead atoms. The van der Waals surface area contributed by atoms with E-state index in [0.717, 1.165) is 28.3 Å². The third-order valence-corrected chi connectivity index (χ3v) is 5.31. The molecule has 1 aliphatic heterocycles. The summed E-state index contributed by atoms with van der Waals surface area (Å²) < 4.78 is 6.15. The van der Waals surface area contributed by atoms with E-state index >= 15 is 0 Å². The fourth-order valence-corrected chi connectivity index (χ4v) is 3.51. The standard InChI is InChI=1S/C24H25N5O/c1-18(21-13-14-26-17-27-21)29-24(2,25-3)15-22(28-29)20-11-7-8-12-23(20)30-16-19-9-5-4-6-10-19/h4-14,17,25H,1,15-16H2,2-3H3. The van der Waals surface area contributed by atoms with Crippen LogP contribution in [0.4, 0.5) is 0 Å². The number of rotatable bonds is 7. The zero-order valence-corrected chi connectivity index (χ0v) is 17.2. The van der Waals surface area contributed by atoms with Gasteiger partial charge in [0.05, 0.1) is 17.1 Å². The molecule has 1 N–H and O–H groups in total. The van der Waals surface area contributed by atoms with E-state index in [9.17, 15) is 0 Å². The fraction of sp³-hybridized carbons (Fsp3) is 0.208. The molecule has 1 unspecified atom stereocenters. The zero-order chi connectivity index (χ0) is 21.0. The fourth-order valence-electron chi connectivity index (χ4n) is 3.51. The second kappa shape index (κ2) is 8.47. The Hall–Kier alpha value is -3.51. The van der Waals surface area contributed by atoms with Crippen LogP contribution in [0.15, 0.2) is 84.9 Å². The molecule has 3 aromatic rings. The predicted molar refractivity (Wildman–Crippen MR) is 119 cm³/mol. The van der Waals surface area contributed by atoms with E-state index in [1.807, 2.05) is 60.6 Å². The first-order valence-corrected chi connectivity index (χ1v) is 9.89. The molecule has 2 heterocycles. The van der Waals surface area contributed by atoms with E-state index in [1.165, 1.54) is 6.33 Å². The number of nitrogens with one attached hydrogen (secondary N) is 1. The molecule has 0 radical (unpaired) electrons. The normalized spacial score (nSPS) is 18.2. The minimum Gasteiger partial charge on any atom is -0.488 e. The number of hydrogen-bond acceptors (Lipinski definition) is 6. The van der Waals surface area contributed by atoms with E-state index in [0.29, 0.717) is 18.7 Å². The highest BCUT2D eigenvalue weighted by molar-refractivity contribution is 6.04. The smallest absolute Gasteiger partial charge is 0.128 e. The zero-order valence-electron chi connectivity index (χ0n) is 17.2. The van der Waals surface area contributed by atoms with Crippen LogP contribution in [-0.4, -0.2) is 33.4 Å². The van der Waals surface area contributed by atoms with E-state index < -0.39 is 5.66 Å². The third-order valence-electron chi connectivity index (χ3n) is 5.31. The molecule has 0 spiro atoms. The van der Waals surface area contributed by atoms with Crippen molar-refractivity contribution in [3.63, 3.8) is 0 Å². The lowest BCUT2D eigenvalue weighted by atomic mass is 9.99. The summed E-state index contributed by atoms with van der Waals surface area (Å²) in [5.41, 5.74) is 4.07. The topological polar surface area (TPSA) is 62.6 Å². The molecule has 2 aromatic carbocycles. The molecule has 0 saturated carbocycles. The van der Waals surface area contributed by atoms with E-state index in [4.69, 9.17) is 9.84 Å². The molecule has 1 aliphatic rings. The minimum absolute atomic E-state index is 0.427. The molecular formula is C24H25N5O. The van der Waals surface area contributed by atoms with Gasteiger partial charge in [-0.2, -0.15) is 5.10 Å². The van der Waals surface area contributed by atoms with Crippen LogP contribution < -0.4 is 10.1 Å². The molecular weight excluding hydrogens is 374 g/mol. The van der Waals surface area contributed by atoms with Crippen molar-refractivity contribution in [2.45, 2.75) is 25.6 Å². The Morgan fingerprint density at radius 1 is 1.13 bits per heavy atom. The van der Waals surface area contributed by atoms with Crippen LogP contribution in [0, 0.1) is 0 Å². The Balaban J connectivity index is 1.63. The van der Waals surface area contributed by atoms with Gasteiger partial charge < -0.3 is 4.74 Å². The molecule has 6 nitrogen and oxygen atoms in total. The van der Waals surface area contributed by atoms with Crippen LogP contribution >= 0.6 is 0 Å². The second-order valence-corrected chi connectivity index (χ2v) is 7.37. The molecule has 4 rings (SSSR count).